The predicted molar refractivity (Wildman–Crippen MR) is 81.5 cm³/mol. The first-order valence-corrected chi connectivity index (χ1v) is 7.08. The van der Waals surface area contributed by atoms with Crippen LogP contribution in [0, 0.1) is 0 Å². The molecule has 4 heteroatoms. The van der Waals surface area contributed by atoms with Crippen LogP contribution in [0.2, 0.25) is 10.0 Å². The highest BCUT2D eigenvalue weighted by Crippen LogP contribution is 2.22. The number of aryl methyl sites for hydroxylation is 1. The molecule has 0 saturated heterocycles. The summed E-state index contributed by atoms with van der Waals surface area (Å²) in [6, 6.07) is 14.8. The van der Waals surface area contributed by atoms with Gasteiger partial charge in [-0.2, -0.15) is 0 Å². The van der Waals surface area contributed by atoms with E-state index in [9.17, 15) is 4.79 Å². The Morgan fingerprint density at radius 1 is 1.00 bits per heavy atom. The van der Waals surface area contributed by atoms with E-state index in [0.717, 1.165) is 12.8 Å². The molecule has 0 spiro atoms. The largest absolute Gasteiger partial charge is 0.462 e. The topological polar surface area (TPSA) is 26.3 Å². The van der Waals surface area contributed by atoms with Gasteiger partial charge in [-0.1, -0.05) is 53.5 Å². The van der Waals surface area contributed by atoms with Crippen molar-refractivity contribution in [3.8, 4) is 0 Å². The van der Waals surface area contributed by atoms with Crippen molar-refractivity contribution >= 4 is 29.2 Å². The lowest BCUT2D eigenvalue weighted by Gasteiger charge is -2.06. The Kier molecular flexibility index (Phi) is 5.45. The highest BCUT2D eigenvalue weighted by atomic mass is 35.5. The van der Waals surface area contributed by atoms with Crippen LogP contribution >= 0.6 is 23.2 Å². The van der Waals surface area contributed by atoms with Gasteiger partial charge in [0.2, 0.25) is 0 Å². The molecule has 2 nitrogen and oxygen atoms in total. The number of carbonyl (C=O) groups excluding carboxylic acids is 1. The molecule has 0 atom stereocenters. The number of benzene rings is 2. The molecule has 0 N–H and O–H groups in total. The van der Waals surface area contributed by atoms with Crippen LogP contribution in [-0.2, 0) is 11.2 Å². The van der Waals surface area contributed by atoms with Crippen LogP contribution in [0.1, 0.15) is 22.3 Å². The molecule has 2 aromatic rings. The molecule has 2 aromatic carbocycles. The number of rotatable bonds is 5. The second kappa shape index (κ2) is 7.32. The van der Waals surface area contributed by atoms with Gasteiger partial charge in [0.25, 0.3) is 0 Å². The van der Waals surface area contributed by atoms with Gasteiger partial charge < -0.3 is 4.74 Å². The molecule has 0 fully saturated rings. The molecular formula is C16H14Cl2O2. The molecule has 0 aliphatic carbocycles. The molecule has 0 aliphatic rings. The second-order valence-electron chi connectivity index (χ2n) is 4.35. The molecule has 0 bridgehead atoms. The summed E-state index contributed by atoms with van der Waals surface area (Å²) in [4.78, 5) is 11.8. The van der Waals surface area contributed by atoms with Gasteiger partial charge in [-0.05, 0) is 36.6 Å². The fraction of sp³-hybridized carbons (Fsp3) is 0.188. The number of ether oxygens (including phenoxy) is 1. The predicted octanol–water partition coefficient (Wildman–Crippen LogP) is 4.78. The van der Waals surface area contributed by atoms with Crippen molar-refractivity contribution in [2.75, 3.05) is 6.61 Å². The maximum atomic E-state index is 11.8. The summed E-state index contributed by atoms with van der Waals surface area (Å²) in [6.45, 7) is 0.383. The van der Waals surface area contributed by atoms with Gasteiger partial charge in [-0.25, -0.2) is 4.79 Å². The fourth-order valence-corrected chi connectivity index (χ4v) is 2.09. The molecule has 0 aliphatic heterocycles. The smallest absolute Gasteiger partial charge is 0.338 e. The lowest BCUT2D eigenvalue weighted by molar-refractivity contribution is 0.0500. The van der Waals surface area contributed by atoms with Crippen LogP contribution in [0.15, 0.2) is 48.5 Å². The van der Waals surface area contributed by atoms with Crippen molar-refractivity contribution < 1.29 is 9.53 Å². The number of hydrogen-bond donors (Lipinski definition) is 0. The number of hydrogen-bond acceptors (Lipinski definition) is 2. The van der Waals surface area contributed by atoms with Gasteiger partial charge >= 0.3 is 5.97 Å². The molecule has 0 aromatic heterocycles. The first kappa shape index (κ1) is 14.9. The van der Waals surface area contributed by atoms with Crippen LogP contribution in [0.3, 0.4) is 0 Å². The first-order chi connectivity index (χ1) is 9.66. The lowest BCUT2D eigenvalue weighted by atomic mass is 10.1. The third-order valence-electron chi connectivity index (χ3n) is 2.84. The van der Waals surface area contributed by atoms with E-state index in [1.54, 1.807) is 12.1 Å². The molecule has 20 heavy (non-hydrogen) atoms. The first-order valence-electron chi connectivity index (χ1n) is 6.33. The van der Waals surface area contributed by atoms with Gasteiger partial charge in [0.1, 0.15) is 0 Å². The SMILES string of the molecule is O=C(OCCCc1ccccc1)c1ccc(Cl)c(Cl)c1. The molecular weight excluding hydrogens is 295 g/mol. The summed E-state index contributed by atoms with van der Waals surface area (Å²) in [7, 11) is 0. The Morgan fingerprint density at radius 2 is 1.75 bits per heavy atom. The average molecular weight is 309 g/mol. The van der Waals surface area contributed by atoms with Crippen molar-refractivity contribution in [3.63, 3.8) is 0 Å². The van der Waals surface area contributed by atoms with Gasteiger partial charge in [-0.15, -0.1) is 0 Å². The summed E-state index contributed by atoms with van der Waals surface area (Å²) in [6.07, 6.45) is 1.67. The summed E-state index contributed by atoms with van der Waals surface area (Å²) < 4.78 is 5.20. The maximum absolute atomic E-state index is 11.8. The van der Waals surface area contributed by atoms with Gasteiger partial charge in [-0.3, -0.25) is 0 Å². The van der Waals surface area contributed by atoms with E-state index in [-0.39, 0.29) is 5.97 Å². The second-order valence-corrected chi connectivity index (χ2v) is 5.17. The van der Waals surface area contributed by atoms with Gasteiger partial charge in [0, 0.05) is 0 Å². The Hall–Kier alpha value is -1.51. The van der Waals surface area contributed by atoms with Crippen molar-refractivity contribution in [2.24, 2.45) is 0 Å². The zero-order valence-electron chi connectivity index (χ0n) is 10.8. The van der Waals surface area contributed by atoms with Crippen molar-refractivity contribution in [3.05, 3.63) is 69.7 Å². The average Bonchev–Trinajstić information content (AvgIpc) is 2.47. The third-order valence-corrected chi connectivity index (χ3v) is 3.58. The third kappa shape index (κ3) is 4.26. The highest BCUT2D eigenvalue weighted by Gasteiger charge is 2.09. The minimum Gasteiger partial charge on any atom is -0.462 e. The summed E-state index contributed by atoms with van der Waals surface area (Å²) in [5, 5.41) is 0.776. The number of esters is 1. The van der Waals surface area contributed by atoms with Crippen molar-refractivity contribution in [2.45, 2.75) is 12.8 Å². The van der Waals surface area contributed by atoms with Gasteiger partial charge in [0.05, 0.1) is 22.2 Å². The summed E-state index contributed by atoms with van der Waals surface area (Å²) in [5.74, 6) is -0.378. The van der Waals surface area contributed by atoms with Crippen LogP contribution < -0.4 is 0 Å². The Balaban J connectivity index is 1.79. The molecule has 0 radical (unpaired) electrons. The lowest BCUT2D eigenvalue weighted by Crippen LogP contribution is -2.07. The minimum atomic E-state index is -0.378. The molecule has 0 saturated carbocycles. The highest BCUT2D eigenvalue weighted by molar-refractivity contribution is 6.42. The maximum Gasteiger partial charge on any atom is 0.338 e. The van der Waals surface area contributed by atoms with E-state index in [0.29, 0.717) is 22.2 Å². The quantitative estimate of drug-likeness (QED) is 0.587. The Labute approximate surface area is 128 Å². The summed E-state index contributed by atoms with van der Waals surface area (Å²) in [5.41, 5.74) is 1.65. The van der Waals surface area contributed by atoms with Crippen LogP contribution in [0.25, 0.3) is 0 Å². The van der Waals surface area contributed by atoms with E-state index in [2.05, 4.69) is 12.1 Å². The van der Waals surface area contributed by atoms with Crippen molar-refractivity contribution in [1.82, 2.24) is 0 Å². The van der Waals surface area contributed by atoms with E-state index in [1.807, 2.05) is 18.2 Å². The Morgan fingerprint density at radius 3 is 2.45 bits per heavy atom. The van der Waals surface area contributed by atoms with E-state index >= 15 is 0 Å². The normalized spacial score (nSPS) is 10.3. The van der Waals surface area contributed by atoms with Crippen LogP contribution in [0.5, 0.6) is 0 Å². The molecule has 0 heterocycles. The minimum absolute atomic E-state index is 0.352. The molecule has 104 valence electrons. The summed E-state index contributed by atoms with van der Waals surface area (Å²) >= 11 is 11.7. The zero-order chi connectivity index (χ0) is 14.4. The van der Waals surface area contributed by atoms with Crippen LogP contribution in [0.4, 0.5) is 0 Å². The van der Waals surface area contributed by atoms with E-state index in [4.69, 9.17) is 27.9 Å². The van der Waals surface area contributed by atoms with E-state index in [1.165, 1.54) is 11.6 Å². The molecule has 2 rings (SSSR count). The number of halogens is 2. The molecule has 0 amide bonds. The monoisotopic (exact) mass is 308 g/mol. The standard InChI is InChI=1S/C16H14Cl2O2/c17-14-9-8-13(11-15(14)18)16(19)20-10-4-7-12-5-2-1-3-6-12/h1-3,5-6,8-9,11H,4,7,10H2. The van der Waals surface area contributed by atoms with Crippen molar-refractivity contribution in [1.29, 1.82) is 0 Å². The van der Waals surface area contributed by atoms with Gasteiger partial charge in [0.15, 0.2) is 0 Å². The van der Waals surface area contributed by atoms with E-state index < -0.39 is 0 Å². The molecule has 0 unspecified atom stereocenters. The fourth-order valence-electron chi connectivity index (χ4n) is 1.79. The number of carbonyl (C=O) groups is 1. The van der Waals surface area contributed by atoms with Crippen LogP contribution in [-0.4, -0.2) is 12.6 Å². The Bertz CT molecular complexity index is 582. The zero-order valence-corrected chi connectivity index (χ0v) is 12.3.